The molecule has 17 heavy (non-hydrogen) atoms. The fourth-order valence-electron chi connectivity index (χ4n) is 0.995. The zero-order chi connectivity index (χ0) is 12.7. The summed E-state index contributed by atoms with van der Waals surface area (Å²) < 4.78 is 60.4. The zero-order valence-corrected chi connectivity index (χ0v) is 11.9. The van der Waals surface area contributed by atoms with E-state index in [9.17, 15) is 16.8 Å². The minimum absolute atomic E-state index is 0. The van der Waals surface area contributed by atoms with E-state index in [1.807, 2.05) is 0 Å². The molecule has 0 aliphatic heterocycles. The standard InChI is InChI=1S/C6H6O8S2.Ca/c7-3-1-2-4(15(9,10)11)6(5(3)8)16(12,13)14;/h1-2,7-8H,(H,9,10,11)(H,12,13,14);. The summed E-state index contributed by atoms with van der Waals surface area (Å²) in [6.07, 6.45) is 0. The van der Waals surface area contributed by atoms with Gasteiger partial charge >= 0.3 is 0 Å². The molecule has 2 radical (unpaired) electrons. The Morgan fingerprint density at radius 2 is 1.35 bits per heavy atom. The number of rotatable bonds is 2. The monoisotopic (exact) mass is 310 g/mol. The molecule has 0 amide bonds. The van der Waals surface area contributed by atoms with Crippen molar-refractivity contribution in [3.8, 4) is 11.5 Å². The number of phenolic OH excluding ortho intramolecular Hbond substituents is 2. The number of hydrogen-bond donors (Lipinski definition) is 4. The van der Waals surface area contributed by atoms with Crippen molar-refractivity contribution in [3.63, 3.8) is 0 Å². The van der Waals surface area contributed by atoms with E-state index in [-0.39, 0.29) is 37.7 Å². The second-order valence-corrected chi connectivity index (χ2v) is 5.46. The van der Waals surface area contributed by atoms with E-state index in [4.69, 9.17) is 19.3 Å². The fraction of sp³-hybridized carbons (Fsp3) is 0. The van der Waals surface area contributed by atoms with Gasteiger partial charge in [0.2, 0.25) is 0 Å². The molecule has 0 aliphatic rings. The van der Waals surface area contributed by atoms with Gasteiger partial charge in [0.05, 0.1) is 0 Å². The first-order valence-corrected chi connectivity index (χ1v) is 6.43. The van der Waals surface area contributed by atoms with E-state index >= 15 is 0 Å². The summed E-state index contributed by atoms with van der Waals surface area (Å²) in [5, 5.41) is 18.1. The summed E-state index contributed by atoms with van der Waals surface area (Å²) in [6.45, 7) is 0. The number of benzene rings is 1. The summed E-state index contributed by atoms with van der Waals surface area (Å²) >= 11 is 0. The smallest absolute Gasteiger partial charge is 0.299 e. The summed E-state index contributed by atoms with van der Waals surface area (Å²) in [5.74, 6) is -2.32. The first-order valence-electron chi connectivity index (χ1n) is 3.55. The molecule has 1 aromatic carbocycles. The SMILES string of the molecule is O=S(=O)(O)c1ccc(O)c(O)c1S(=O)(=O)O.[Ca]. The number of aromatic hydroxyl groups is 2. The van der Waals surface area contributed by atoms with Gasteiger partial charge in [0, 0.05) is 37.7 Å². The Balaban J connectivity index is 0.00000256. The van der Waals surface area contributed by atoms with Gasteiger partial charge in [-0.05, 0) is 12.1 Å². The molecule has 4 N–H and O–H groups in total. The van der Waals surface area contributed by atoms with Crippen molar-refractivity contribution in [2.24, 2.45) is 0 Å². The third-order valence-corrected chi connectivity index (χ3v) is 3.56. The van der Waals surface area contributed by atoms with E-state index in [0.717, 1.165) is 0 Å². The van der Waals surface area contributed by atoms with Crippen molar-refractivity contribution in [3.05, 3.63) is 12.1 Å². The van der Waals surface area contributed by atoms with Crippen molar-refractivity contribution in [1.29, 1.82) is 0 Å². The summed E-state index contributed by atoms with van der Waals surface area (Å²) in [6, 6.07) is 1.17. The molecule has 0 unspecified atom stereocenters. The second kappa shape index (κ2) is 5.26. The van der Waals surface area contributed by atoms with Gasteiger partial charge in [0.1, 0.15) is 4.90 Å². The Labute approximate surface area is 126 Å². The van der Waals surface area contributed by atoms with Crippen LogP contribution in [0.1, 0.15) is 0 Å². The molecule has 0 atom stereocenters. The molecular weight excluding hydrogens is 304 g/mol. The van der Waals surface area contributed by atoms with Gasteiger partial charge in [-0.15, -0.1) is 0 Å². The minimum atomic E-state index is -5.12. The van der Waals surface area contributed by atoms with Crippen LogP contribution < -0.4 is 0 Å². The Morgan fingerprint density at radius 3 is 1.71 bits per heavy atom. The largest absolute Gasteiger partial charge is 0.504 e. The maximum atomic E-state index is 10.8. The maximum absolute atomic E-state index is 10.8. The first kappa shape index (κ1) is 16.9. The molecule has 11 heteroatoms. The summed E-state index contributed by atoms with van der Waals surface area (Å²) in [7, 11) is -10.1. The molecule has 0 bridgehead atoms. The summed E-state index contributed by atoms with van der Waals surface area (Å²) in [5.41, 5.74) is 0. The average molecular weight is 310 g/mol. The molecule has 0 heterocycles. The predicted molar refractivity (Wildman–Crippen MR) is 55.2 cm³/mol. The van der Waals surface area contributed by atoms with Gasteiger partial charge in [0.25, 0.3) is 20.2 Å². The molecule has 0 saturated carbocycles. The summed E-state index contributed by atoms with van der Waals surface area (Å²) in [4.78, 5) is -2.71. The van der Waals surface area contributed by atoms with Crippen LogP contribution in [0.25, 0.3) is 0 Å². The van der Waals surface area contributed by atoms with E-state index in [1.54, 1.807) is 0 Å². The van der Waals surface area contributed by atoms with E-state index < -0.39 is 41.5 Å². The fourth-order valence-corrected chi connectivity index (χ4v) is 2.87. The Hall–Kier alpha value is -0.100. The molecule has 0 aromatic heterocycles. The zero-order valence-electron chi connectivity index (χ0n) is 8.10. The Kier molecular flexibility index (Phi) is 5.23. The van der Waals surface area contributed by atoms with Crippen LogP contribution in [0.4, 0.5) is 0 Å². The topological polar surface area (TPSA) is 149 Å². The quantitative estimate of drug-likeness (QED) is 0.315. The second-order valence-electron chi connectivity index (χ2n) is 2.71. The molecule has 0 saturated heterocycles. The molecule has 0 fully saturated rings. The molecule has 92 valence electrons. The van der Waals surface area contributed by atoms with Crippen LogP contribution >= 0.6 is 0 Å². The molecule has 1 aromatic rings. The molecule has 8 nitrogen and oxygen atoms in total. The van der Waals surface area contributed by atoms with Gasteiger partial charge in [-0.3, -0.25) is 9.11 Å². The van der Waals surface area contributed by atoms with Crippen molar-refractivity contribution in [1.82, 2.24) is 0 Å². The van der Waals surface area contributed by atoms with Crippen molar-refractivity contribution in [2.45, 2.75) is 9.79 Å². The van der Waals surface area contributed by atoms with Crippen molar-refractivity contribution >= 4 is 58.0 Å². The first-order chi connectivity index (χ1) is 7.05. The third-order valence-electron chi connectivity index (χ3n) is 1.61. The molecule has 0 aliphatic carbocycles. The third kappa shape index (κ3) is 3.68. The van der Waals surface area contributed by atoms with Gasteiger partial charge < -0.3 is 10.2 Å². The van der Waals surface area contributed by atoms with Crippen LogP contribution in [0.2, 0.25) is 0 Å². The van der Waals surface area contributed by atoms with Gasteiger partial charge in [0.15, 0.2) is 16.4 Å². The van der Waals surface area contributed by atoms with Crippen LogP contribution in [0.15, 0.2) is 21.9 Å². The average Bonchev–Trinajstić information content (AvgIpc) is 2.05. The number of hydrogen-bond acceptors (Lipinski definition) is 6. The van der Waals surface area contributed by atoms with Crippen LogP contribution in [0.3, 0.4) is 0 Å². The number of phenols is 2. The van der Waals surface area contributed by atoms with E-state index in [1.165, 1.54) is 0 Å². The van der Waals surface area contributed by atoms with Crippen LogP contribution in [0, 0.1) is 0 Å². The van der Waals surface area contributed by atoms with Gasteiger partial charge in [-0.25, -0.2) is 0 Å². The van der Waals surface area contributed by atoms with Crippen LogP contribution in [-0.2, 0) is 20.2 Å². The Bertz CT molecular complexity index is 632. The Morgan fingerprint density at radius 1 is 0.882 bits per heavy atom. The molecule has 0 spiro atoms. The van der Waals surface area contributed by atoms with Crippen LogP contribution in [0.5, 0.6) is 11.5 Å². The van der Waals surface area contributed by atoms with E-state index in [0.29, 0.717) is 12.1 Å². The minimum Gasteiger partial charge on any atom is -0.504 e. The maximum Gasteiger partial charge on any atom is 0.299 e. The molecular formula is C6H6CaO8S2. The van der Waals surface area contributed by atoms with Gasteiger partial charge in [-0.1, -0.05) is 0 Å². The van der Waals surface area contributed by atoms with E-state index in [2.05, 4.69) is 0 Å². The van der Waals surface area contributed by atoms with Crippen molar-refractivity contribution in [2.75, 3.05) is 0 Å². The normalized spacial score (nSPS) is 11.9. The van der Waals surface area contributed by atoms with Crippen LogP contribution in [-0.4, -0.2) is 73.9 Å². The van der Waals surface area contributed by atoms with Crippen molar-refractivity contribution < 1.29 is 36.2 Å². The van der Waals surface area contributed by atoms with Gasteiger partial charge in [-0.2, -0.15) is 16.8 Å². The predicted octanol–water partition coefficient (Wildman–Crippen LogP) is -0.790. The molecule has 1 rings (SSSR count).